The Kier molecular flexibility index (Phi) is 5.47. The van der Waals surface area contributed by atoms with E-state index in [0.29, 0.717) is 31.0 Å². The smallest absolute Gasteiger partial charge is 0.311 e. The van der Waals surface area contributed by atoms with Crippen molar-refractivity contribution in [3.63, 3.8) is 0 Å². The van der Waals surface area contributed by atoms with Crippen LogP contribution in [0.1, 0.15) is 44.4 Å². The zero-order chi connectivity index (χ0) is 17.7. The third kappa shape index (κ3) is 4.25. The topological polar surface area (TPSA) is 105 Å². The van der Waals surface area contributed by atoms with E-state index in [1.807, 2.05) is 16.8 Å². The third-order valence-electron chi connectivity index (χ3n) is 4.70. The lowest BCUT2D eigenvalue weighted by Gasteiger charge is -2.33. The summed E-state index contributed by atoms with van der Waals surface area (Å²) in [7, 11) is 0. The molecule has 1 amide bonds. The number of hydrogen-bond acceptors (Lipinski definition) is 6. The van der Waals surface area contributed by atoms with Crippen molar-refractivity contribution in [3.8, 4) is 11.4 Å². The van der Waals surface area contributed by atoms with Gasteiger partial charge in [-0.25, -0.2) is 0 Å². The molecule has 1 aliphatic rings. The molecule has 25 heavy (non-hydrogen) atoms. The fraction of sp³-hybridized carbons (Fsp3) is 0.529. The minimum Gasteiger partial charge on any atom is -0.481 e. The predicted molar refractivity (Wildman–Crippen MR) is 92.1 cm³/mol. The Hall–Kier alpha value is -2.22. The summed E-state index contributed by atoms with van der Waals surface area (Å²) >= 11 is 1.55. The molecule has 8 heteroatoms. The Labute approximate surface area is 149 Å². The van der Waals surface area contributed by atoms with E-state index in [2.05, 4.69) is 15.5 Å². The first kappa shape index (κ1) is 17.6. The molecular formula is C17H21N3O4S. The zero-order valence-corrected chi connectivity index (χ0v) is 14.7. The van der Waals surface area contributed by atoms with Gasteiger partial charge in [-0.15, -0.1) is 0 Å². The van der Waals surface area contributed by atoms with Crippen LogP contribution in [0.3, 0.4) is 0 Å². The maximum atomic E-state index is 12.1. The van der Waals surface area contributed by atoms with E-state index >= 15 is 0 Å². The van der Waals surface area contributed by atoms with Gasteiger partial charge in [0.15, 0.2) is 0 Å². The van der Waals surface area contributed by atoms with Gasteiger partial charge in [0.1, 0.15) is 0 Å². The summed E-state index contributed by atoms with van der Waals surface area (Å²) < 4.78 is 5.16. The summed E-state index contributed by atoms with van der Waals surface area (Å²) in [5, 5.41) is 20.1. The summed E-state index contributed by atoms with van der Waals surface area (Å²) in [4.78, 5) is 27.9. The van der Waals surface area contributed by atoms with Crippen LogP contribution in [0.25, 0.3) is 11.4 Å². The molecule has 2 heterocycles. The Morgan fingerprint density at radius 2 is 2.12 bits per heavy atom. The van der Waals surface area contributed by atoms with Crippen LogP contribution in [0, 0.1) is 5.41 Å². The van der Waals surface area contributed by atoms with Crippen LogP contribution in [0.4, 0.5) is 0 Å². The van der Waals surface area contributed by atoms with Crippen molar-refractivity contribution in [1.82, 2.24) is 15.5 Å². The zero-order valence-electron chi connectivity index (χ0n) is 13.9. The van der Waals surface area contributed by atoms with Gasteiger partial charge < -0.3 is 14.9 Å². The fourth-order valence-electron chi connectivity index (χ4n) is 3.14. The van der Waals surface area contributed by atoms with Crippen LogP contribution in [-0.4, -0.2) is 33.7 Å². The molecule has 0 atom stereocenters. The molecule has 1 fully saturated rings. The number of thiophene rings is 1. The van der Waals surface area contributed by atoms with Crippen LogP contribution in [0.15, 0.2) is 21.3 Å². The van der Waals surface area contributed by atoms with E-state index < -0.39 is 11.4 Å². The molecule has 3 rings (SSSR count). The summed E-state index contributed by atoms with van der Waals surface area (Å²) in [6, 6.07) is 1.90. The van der Waals surface area contributed by atoms with Crippen LogP contribution in [0.5, 0.6) is 0 Å². The number of aromatic nitrogens is 2. The number of carbonyl (C=O) groups is 2. The number of carboxylic acids is 1. The average molecular weight is 363 g/mol. The number of aliphatic carboxylic acids is 1. The molecule has 134 valence electrons. The van der Waals surface area contributed by atoms with Crippen molar-refractivity contribution >= 4 is 23.2 Å². The third-order valence-corrected chi connectivity index (χ3v) is 5.38. The molecule has 0 bridgehead atoms. The van der Waals surface area contributed by atoms with Crippen molar-refractivity contribution < 1.29 is 19.2 Å². The number of hydrogen-bond donors (Lipinski definition) is 2. The summed E-state index contributed by atoms with van der Waals surface area (Å²) in [6.45, 7) is 0.186. The SMILES string of the molecule is O=C(CCc1nc(-c2ccsc2)no1)NCC1(C(=O)O)CCCCC1. The number of carbonyl (C=O) groups excluding carboxylic acids is 1. The fourth-order valence-corrected chi connectivity index (χ4v) is 3.77. The van der Waals surface area contributed by atoms with E-state index in [9.17, 15) is 14.7 Å². The Bertz CT molecular complexity index is 720. The molecule has 0 saturated heterocycles. The molecule has 0 unspecified atom stereocenters. The second kappa shape index (κ2) is 7.77. The molecule has 2 aromatic rings. The first-order valence-electron chi connectivity index (χ1n) is 8.44. The van der Waals surface area contributed by atoms with Crippen LogP contribution in [0.2, 0.25) is 0 Å². The molecule has 1 aliphatic carbocycles. The molecule has 2 aromatic heterocycles. The van der Waals surface area contributed by atoms with Crippen molar-refractivity contribution in [2.75, 3.05) is 6.54 Å². The molecule has 0 aliphatic heterocycles. The predicted octanol–water partition coefficient (Wildman–Crippen LogP) is 2.88. The summed E-state index contributed by atoms with van der Waals surface area (Å²) in [6.07, 6.45) is 4.63. The highest BCUT2D eigenvalue weighted by molar-refractivity contribution is 7.08. The number of amides is 1. The van der Waals surface area contributed by atoms with Gasteiger partial charge in [-0.1, -0.05) is 24.4 Å². The van der Waals surface area contributed by atoms with Gasteiger partial charge in [0.2, 0.25) is 17.6 Å². The van der Waals surface area contributed by atoms with Gasteiger partial charge in [0, 0.05) is 30.3 Å². The average Bonchev–Trinajstić information content (AvgIpc) is 3.30. The first-order valence-corrected chi connectivity index (χ1v) is 9.39. The molecule has 0 aromatic carbocycles. The Morgan fingerprint density at radius 1 is 1.32 bits per heavy atom. The van der Waals surface area contributed by atoms with E-state index in [1.54, 1.807) is 11.3 Å². The highest BCUT2D eigenvalue weighted by Crippen LogP contribution is 2.36. The van der Waals surface area contributed by atoms with Gasteiger partial charge in [-0.3, -0.25) is 9.59 Å². The quantitative estimate of drug-likeness (QED) is 0.783. The second-order valence-electron chi connectivity index (χ2n) is 6.45. The van der Waals surface area contributed by atoms with Gasteiger partial charge in [-0.2, -0.15) is 16.3 Å². The standard InChI is InChI=1S/C17H21N3O4S/c21-13(18-11-17(16(22)23)7-2-1-3-8-17)4-5-14-19-15(20-24-14)12-6-9-25-10-12/h6,9-10H,1-5,7-8,11H2,(H,18,21)(H,22,23). The maximum absolute atomic E-state index is 12.1. The number of nitrogens with zero attached hydrogens (tertiary/aromatic N) is 2. The monoisotopic (exact) mass is 363 g/mol. The van der Waals surface area contributed by atoms with Gasteiger partial charge in [0.05, 0.1) is 5.41 Å². The van der Waals surface area contributed by atoms with Crippen LogP contribution in [-0.2, 0) is 16.0 Å². The first-order chi connectivity index (χ1) is 12.1. The van der Waals surface area contributed by atoms with E-state index in [4.69, 9.17) is 4.52 Å². The minimum atomic E-state index is -0.815. The highest BCUT2D eigenvalue weighted by atomic mass is 32.1. The highest BCUT2D eigenvalue weighted by Gasteiger charge is 2.39. The number of rotatable bonds is 7. The largest absolute Gasteiger partial charge is 0.481 e. The lowest BCUT2D eigenvalue weighted by atomic mass is 9.74. The van der Waals surface area contributed by atoms with Crippen molar-refractivity contribution in [3.05, 3.63) is 22.7 Å². The maximum Gasteiger partial charge on any atom is 0.311 e. The van der Waals surface area contributed by atoms with Crippen molar-refractivity contribution in [2.45, 2.75) is 44.9 Å². The molecule has 1 saturated carbocycles. The van der Waals surface area contributed by atoms with E-state index in [0.717, 1.165) is 24.8 Å². The lowest BCUT2D eigenvalue weighted by Crippen LogP contribution is -2.44. The van der Waals surface area contributed by atoms with E-state index in [-0.39, 0.29) is 18.9 Å². The minimum absolute atomic E-state index is 0.186. The normalized spacial score (nSPS) is 16.5. The van der Waals surface area contributed by atoms with Gasteiger partial charge in [0.25, 0.3) is 0 Å². The van der Waals surface area contributed by atoms with Gasteiger partial charge in [-0.05, 0) is 24.3 Å². The Balaban J connectivity index is 1.49. The molecule has 0 spiro atoms. The molecular weight excluding hydrogens is 342 g/mol. The molecule has 7 nitrogen and oxygen atoms in total. The Morgan fingerprint density at radius 3 is 2.80 bits per heavy atom. The number of aryl methyl sites for hydroxylation is 1. The van der Waals surface area contributed by atoms with Crippen molar-refractivity contribution in [1.29, 1.82) is 0 Å². The second-order valence-corrected chi connectivity index (χ2v) is 7.23. The summed E-state index contributed by atoms with van der Waals surface area (Å²) in [5.74, 6) is -0.0862. The molecule has 0 radical (unpaired) electrons. The number of nitrogens with one attached hydrogen (secondary N) is 1. The van der Waals surface area contributed by atoms with Crippen LogP contribution >= 0.6 is 11.3 Å². The molecule has 2 N–H and O–H groups in total. The van der Waals surface area contributed by atoms with Gasteiger partial charge >= 0.3 is 5.97 Å². The lowest BCUT2D eigenvalue weighted by molar-refractivity contribution is -0.151. The number of carboxylic acid groups (broad SMARTS) is 1. The van der Waals surface area contributed by atoms with Crippen molar-refractivity contribution in [2.24, 2.45) is 5.41 Å². The van der Waals surface area contributed by atoms with Crippen LogP contribution < -0.4 is 5.32 Å². The summed E-state index contributed by atoms with van der Waals surface area (Å²) in [5.41, 5.74) is 0.0787. The van der Waals surface area contributed by atoms with E-state index in [1.165, 1.54) is 0 Å².